The predicted octanol–water partition coefficient (Wildman–Crippen LogP) is 6.46. The third-order valence-corrected chi connectivity index (χ3v) is 4.45. The molecule has 1 N–H and O–H groups in total. The van der Waals surface area contributed by atoms with Gasteiger partial charge in [-0.3, -0.25) is 0 Å². The Morgan fingerprint density at radius 2 is 1.77 bits per heavy atom. The van der Waals surface area contributed by atoms with E-state index in [9.17, 15) is 5.11 Å². The highest BCUT2D eigenvalue weighted by atomic mass is 16.3. The van der Waals surface area contributed by atoms with E-state index in [0.29, 0.717) is 23.5 Å². The molecule has 0 saturated carbocycles. The SMILES string of the molecule is C=CCC(C)CC(CC(CC=C)CCC)c1ccccc1O. The van der Waals surface area contributed by atoms with Crippen LogP contribution in [-0.4, -0.2) is 5.11 Å². The van der Waals surface area contributed by atoms with Gasteiger partial charge >= 0.3 is 0 Å². The van der Waals surface area contributed by atoms with Crippen LogP contribution >= 0.6 is 0 Å². The van der Waals surface area contributed by atoms with E-state index in [-0.39, 0.29) is 0 Å². The Morgan fingerprint density at radius 1 is 1.09 bits per heavy atom. The molecule has 0 aromatic heterocycles. The van der Waals surface area contributed by atoms with Crippen molar-refractivity contribution in [3.63, 3.8) is 0 Å². The Kier molecular flexibility index (Phi) is 8.65. The molecule has 0 fully saturated rings. The molecule has 3 atom stereocenters. The van der Waals surface area contributed by atoms with Gasteiger partial charge in [-0.25, -0.2) is 0 Å². The van der Waals surface area contributed by atoms with Gasteiger partial charge in [0.15, 0.2) is 0 Å². The lowest BCUT2D eigenvalue weighted by molar-refractivity contribution is 0.353. The molecule has 0 heterocycles. The third-order valence-electron chi connectivity index (χ3n) is 4.45. The molecule has 0 spiro atoms. The van der Waals surface area contributed by atoms with Gasteiger partial charge in [0, 0.05) is 0 Å². The Balaban J connectivity index is 2.92. The van der Waals surface area contributed by atoms with Gasteiger partial charge in [-0.05, 0) is 55.1 Å². The summed E-state index contributed by atoms with van der Waals surface area (Å²) in [4.78, 5) is 0. The highest BCUT2D eigenvalue weighted by Gasteiger charge is 2.21. The Bertz CT molecular complexity index is 449. The lowest BCUT2D eigenvalue weighted by atomic mass is 9.79. The van der Waals surface area contributed by atoms with Crippen LogP contribution in [0.4, 0.5) is 0 Å². The number of benzene rings is 1. The van der Waals surface area contributed by atoms with Crippen LogP contribution in [0.25, 0.3) is 0 Å². The minimum atomic E-state index is 0.410. The lowest BCUT2D eigenvalue weighted by Gasteiger charge is -2.26. The summed E-state index contributed by atoms with van der Waals surface area (Å²) in [6.07, 6.45) is 10.8. The van der Waals surface area contributed by atoms with Gasteiger partial charge in [-0.1, -0.05) is 57.0 Å². The summed E-state index contributed by atoms with van der Waals surface area (Å²) in [7, 11) is 0. The molecule has 0 aliphatic rings. The summed E-state index contributed by atoms with van der Waals surface area (Å²) in [5.41, 5.74) is 1.10. The van der Waals surface area contributed by atoms with Crippen molar-refractivity contribution in [2.24, 2.45) is 11.8 Å². The highest BCUT2D eigenvalue weighted by molar-refractivity contribution is 5.35. The van der Waals surface area contributed by atoms with Crippen molar-refractivity contribution in [3.05, 3.63) is 55.1 Å². The van der Waals surface area contributed by atoms with Gasteiger partial charge in [0.25, 0.3) is 0 Å². The van der Waals surface area contributed by atoms with E-state index in [1.54, 1.807) is 0 Å². The Morgan fingerprint density at radius 3 is 2.36 bits per heavy atom. The van der Waals surface area contributed by atoms with Crippen molar-refractivity contribution in [2.75, 3.05) is 0 Å². The first-order chi connectivity index (χ1) is 10.6. The zero-order valence-corrected chi connectivity index (χ0v) is 14.3. The molecule has 3 unspecified atom stereocenters. The van der Waals surface area contributed by atoms with E-state index in [1.165, 1.54) is 12.8 Å². The second-order valence-electron chi connectivity index (χ2n) is 6.54. The molecular formula is C21H32O. The number of para-hydroxylation sites is 1. The lowest BCUT2D eigenvalue weighted by Crippen LogP contribution is -2.11. The maximum absolute atomic E-state index is 10.3. The van der Waals surface area contributed by atoms with E-state index in [2.05, 4.69) is 33.1 Å². The van der Waals surface area contributed by atoms with Gasteiger partial charge in [-0.15, -0.1) is 13.2 Å². The van der Waals surface area contributed by atoms with Crippen LogP contribution in [0.5, 0.6) is 5.75 Å². The minimum Gasteiger partial charge on any atom is -0.508 e. The predicted molar refractivity (Wildman–Crippen MR) is 97.3 cm³/mol. The highest BCUT2D eigenvalue weighted by Crippen LogP contribution is 2.37. The molecule has 0 radical (unpaired) electrons. The summed E-state index contributed by atoms with van der Waals surface area (Å²) in [5, 5.41) is 10.3. The molecule has 0 aliphatic carbocycles. The molecule has 1 aromatic carbocycles. The van der Waals surface area contributed by atoms with Crippen molar-refractivity contribution in [1.29, 1.82) is 0 Å². The Labute approximate surface area is 136 Å². The molecule has 0 amide bonds. The summed E-state index contributed by atoms with van der Waals surface area (Å²) in [6.45, 7) is 12.3. The van der Waals surface area contributed by atoms with Crippen LogP contribution in [0.3, 0.4) is 0 Å². The molecular weight excluding hydrogens is 268 g/mol. The fraction of sp³-hybridized carbons (Fsp3) is 0.524. The monoisotopic (exact) mass is 300 g/mol. The molecule has 0 saturated heterocycles. The van der Waals surface area contributed by atoms with E-state index >= 15 is 0 Å². The largest absolute Gasteiger partial charge is 0.508 e. The zero-order chi connectivity index (χ0) is 16.4. The van der Waals surface area contributed by atoms with Crippen molar-refractivity contribution in [3.8, 4) is 5.75 Å². The van der Waals surface area contributed by atoms with E-state index in [1.807, 2.05) is 30.4 Å². The first-order valence-corrected chi connectivity index (χ1v) is 8.61. The average Bonchev–Trinajstić information content (AvgIpc) is 2.48. The van der Waals surface area contributed by atoms with Crippen molar-refractivity contribution in [1.82, 2.24) is 0 Å². The van der Waals surface area contributed by atoms with Crippen LogP contribution in [0, 0.1) is 11.8 Å². The fourth-order valence-corrected chi connectivity index (χ4v) is 3.43. The first-order valence-electron chi connectivity index (χ1n) is 8.61. The number of phenolic OH excluding ortho intramolecular Hbond substituents is 1. The second-order valence-corrected chi connectivity index (χ2v) is 6.54. The number of phenols is 1. The standard InChI is InChI=1S/C21H32O/c1-5-10-17(4)15-19(16-18(11-6-2)12-7-3)20-13-8-9-14-21(20)22/h5-6,8-9,13-14,17-19,22H,1-2,7,10-12,15-16H2,3-4H3. The van der Waals surface area contributed by atoms with Gasteiger partial charge in [0.1, 0.15) is 5.75 Å². The van der Waals surface area contributed by atoms with Gasteiger partial charge in [0.2, 0.25) is 0 Å². The molecule has 0 bridgehead atoms. The van der Waals surface area contributed by atoms with E-state index < -0.39 is 0 Å². The van der Waals surface area contributed by atoms with Crippen molar-refractivity contribution < 1.29 is 5.11 Å². The van der Waals surface area contributed by atoms with Gasteiger partial charge in [0.05, 0.1) is 0 Å². The van der Waals surface area contributed by atoms with Crippen LogP contribution in [0.15, 0.2) is 49.6 Å². The molecule has 1 heteroatoms. The smallest absolute Gasteiger partial charge is 0.119 e. The maximum atomic E-state index is 10.3. The first kappa shape index (κ1) is 18.5. The summed E-state index contributed by atoms with van der Waals surface area (Å²) in [5.74, 6) is 2.09. The minimum absolute atomic E-state index is 0.410. The van der Waals surface area contributed by atoms with E-state index in [4.69, 9.17) is 0 Å². The number of aromatic hydroxyl groups is 1. The molecule has 122 valence electrons. The normalized spacial score (nSPS) is 15.0. The van der Waals surface area contributed by atoms with Crippen molar-refractivity contribution >= 4 is 0 Å². The summed E-state index contributed by atoms with van der Waals surface area (Å²) < 4.78 is 0. The number of hydrogen-bond acceptors (Lipinski definition) is 1. The van der Waals surface area contributed by atoms with Gasteiger partial charge < -0.3 is 5.11 Å². The Hall–Kier alpha value is -1.50. The number of rotatable bonds is 11. The van der Waals surface area contributed by atoms with Crippen LogP contribution in [-0.2, 0) is 0 Å². The van der Waals surface area contributed by atoms with Gasteiger partial charge in [-0.2, -0.15) is 0 Å². The molecule has 0 aliphatic heterocycles. The third kappa shape index (κ3) is 6.09. The molecule has 1 rings (SSSR count). The summed E-state index contributed by atoms with van der Waals surface area (Å²) >= 11 is 0. The van der Waals surface area contributed by atoms with E-state index in [0.717, 1.165) is 31.2 Å². The maximum Gasteiger partial charge on any atom is 0.119 e. The van der Waals surface area contributed by atoms with Crippen molar-refractivity contribution in [2.45, 2.75) is 58.3 Å². The zero-order valence-electron chi connectivity index (χ0n) is 14.3. The molecule has 1 nitrogen and oxygen atoms in total. The molecule has 22 heavy (non-hydrogen) atoms. The second kappa shape index (κ2) is 10.3. The summed E-state index contributed by atoms with van der Waals surface area (Å²) in [6, 6.07) is 7.82. The topological polar surface area (TPSA) is 20.2 Å². The molecule has 1 aromatic rings. The fourth-order valence-electron chi connectivity index (χ4n) is 3.43. The van der Waals surface area contributed by atoms with Crippen LogP contribution in [0.2, 0.25) is 0 Å². The van der Waals surface area contributed by atoms with Crippen LogP contribution in [0.1, 0.15) is 63.9 Å². The van der Waals surface area contributed by atoms with Crippen LogP contribution < -0.4 is 0 Å². The average molecular weight is 300 g/mol. The quantitative estimate of drug-likeness (QED) is 0.465. The number of hydrogen-bond donors (Lipinski definition) is 1. The number of allylic oxidation sites excluding steroid dienone is 2.